The molecule has 1 aromatic carbocycles. The average molecular weight is 391 g/mol. The number of rotatable bonds is 6. The molecular weight excluding hydrogens is 361 g/mol. The number of hydrogen-bond donors (Lipinski definition) is 2. The third kappa shape index (κ3) is 4.82. The maximum absolute atomic E-state index is 13.4. The molecule has 154 valence electrons. The number of nitrogens with zero attached hydrogens (tertiary/aromatic N) is 1. The van der Waals surface area contributed by atoms with Crippen molar-refractivity contribution >= 4 is 11.8 Å². The van der Waals surface area contributed by atoms with Gasteiger partial charge in [0.1, 0.15) is 11.9 Å². The molecule has 0 bridgehead atoms. The second-order valence-corrected chi connectivity index (χ2v) is 8.10. The fourth-order valence-electron chi connectivity index (χ4n) is 4.27. The van der Waals surface area contributed by atoms with E-state index in [0.29, 0.717) is 24.4 Å². The number of carbonyl (C=O) groups is 2. The number of likely N-dealkylation sites (tertiary alicyclic amines) is 1. The highest BCUT2D eigenvalue weighted by molar-refractivity contribution is 5.92. The van der Waals surface area contributed by atoms with Crippen molar-refractivity contribution in [1.82, 2.24) is 4.90 Å². The summed E-state index contributed by atoms with van der Waals surface area (Å²) < 4.78 is 19.4. The molecule has 2 fully saturated rings. The topological polar surface area (TPSA) is 98.6 Å². The quantitative estimate of drug-likeness (QED) is 0.777. The smallest absolute Gasteiger partial charge is 0.248 e. The largest absolute Gasteiger partial charge is 0.490 e. The van der Waals surface area contributed by atoms with Crippen LogP contribution in [-0.2, 0) is 4.79 Å². The number of benzene rings is 1. The Hall–Kier alpha value is -2.15. The second kappa shape index (κ2) is 8.90. The predicted molar refractivity (Wildman–Crippen MR) is 105 cm³/mol. The summed E-state index contributed by atoms with van der Waals surface area (Å²) in [7, 11) is 0. The van der Waals surface area contributed by atoms with Crippen molar-refractivity contribution in [2.45, 2.75) is 57.3 Å². The zero-order valence-corrected chi connectivity index (χ0v) is 16.4. The molecule has 1 aromatic rings. The molecule has 0 spiro atoms. The summed E-state index contributed by atoms with van der Waals surface area (Å²) in [6.07, 6.45) is 3.27. The summed E-state index contributed by atoms with van der Waals surface area (Å²) in [5.74, 6) is 0.563. The highest BCUT2D eigenvalue weighted by Gasteiger charge is 2.36. The number of primary amides is 1. The third-order valence-corrected chi connectivity index (χ3v) is 6.20. The van der Waals surface area contributed by atoms with E-state index in [1.165, 1.54) is 0 Å². The molecule has 6 nitrogen and oxygen atoms in total. The Balaban J connectivity index is 1.47. The molecule has 3 atom stereocenters. The van der Waals surface area contributed by atoms with E-state index in [9.17, 15) is 14.0 Å². The van der Waals surface area contributed by atoms with Crippen molar-refractivity contribution in [3.63, 3.8) is 0 Å². The van der Waals surface area contributed by atoms with Crippen LogP contribution >= 0.6 is 0 Å². The van der Waals surface area contributed by atoms with Crippen LogP contribution in [0, 0.1) is 11.8 Å². The lowest BCUT2D eigenvalue weighted by atomic mass is 9.76. The van der Waals surface area contributed by atoms with Crippen LogP contribution in [0.25, 0.3) is 0 Å². The van der Waals surface area contributed by atoms with Gasteiger partial charge in [0.05, 0.1) is 18.7 Å². The number of alkyl halides is 1. The van der Waals surface area contributed by atoms with Crippen molar-refractivity contribution in [2.24, 2.45) is 23.3 Å². The molecule has 1 aliphatic carbocycles. The third-order valence-electron chi connectivity index (χ3n) is 6.20. The van der Waals surface area contributed by atoms with Crippen LogP contribution in [-0.4, -0.2) is 48.1 Å². The molecule has 2 aliphatic rings. The number of nitrogens with two attached hydrogens (primary N) is 2. The lowest BCUT2D eigenvalue weighted by Crippen LogP contribution is -2.48. The summed E-state index contributed by atoms with van der Waals surface area (Å²) in [6, 6.07) is 6.27. The Morgan fingerprint density at radius 2 is 1.79 bits per heavy atom. The molecule has 1 unspecified atom stereocenters. The molecule has 28 heavy (non-hydrogen) atoms. The molecule has 0 radical (unpaired) electrons. The van der Waals surface area contributed by atoms with Crippen LogP contribution in [0.3, 0.4) is 0 Å². The van der Waals surface area contributed by atoms with Gasteiger partial charge >= 0.3 is 0 Å². The summed E-state index contributed by atoms with van der Waals surface area (Å²) >= 11 is 0. The van der Waals surface area contributed by atoms with Gasteiger partial charge in [0.15, 0.2) is 0 Å². The van der Waals surface area contributed by atoms with E-state index in [0.717, 1.165) is 31.4 Å². The van der Waals surface area contributed by atoms with Crippen LogP contribution in [0.5, 0.6) is 5.75 Å². The molecule has 1 saturated carbocycles. The first-order valence-corrected chi connectivity index (χ1v) is 10.1. The fraction of sp³-hybridized carbons (Fsp3) is 0.619. The van der Waals surface area contributed by atoms with Crippen LogP contribution in [0.4, 0.5) is 4.39 Å². The van der Waals surface area contributed by atoms with Gasteiger partial charge in [0.25, 0.3) is 0 Å². The Bertz CT molecular complexity index is 689. The maximum Gasteiger partial charge on any atom is 0.248 e. The molecule has 0 aromatic heterocycles. The molecule has 1 aliphatic heterocycles. The minimum absolute atomic E-state index is 0.0574. The lowest BCUT2D eigenvalue weighted by molar-refractivity contribution is -0.133. The van der Waals surface area contributed by atoms with E-state index in [4.69, 9.17) is 16.2 Å². The number of amides is 2. The Labute approximate surface area is 165 Å². The van der Waals surface area contributed by atoms with E-state index < -0.39 is 18.1 Å². The highest BCUT2D eigenvalue weighted by Crippen LogP contribution is 2.34. The summed E-state index contributed by atoms with van der Waals surface area (Å²) in [6.45, 7) is 2.67. The van der Waals surface area contributed by atoms with Gasteiger partial charge in [0, 0.05) is 12.1 Å². The SMILES string of the molecule is C[C@@H](C1CCC(Oc2ccc(C(N)=O)cc2)CC1)C(N)C(=O)N1CC[C@H](F)C1. The number of hydrogen-bond acceptors (Lipinski definition) is 4. The Morgan fingerprint density at radius 3 is 2.32 bits per heavy atom. The van der Waals surface area contributed by atoms with E-state index in [-0.39, 0.29) is 24.5 Å². The zero-order valence-electron chi connectivity index (χ0n) is 16.4. The van der Waals surface area contributed by atoms with Gasteiger partial charge in [-0.1, -0.05) is 6.92 Å². The van der Waals surface area contributed by atoms with Crippen LogP contribution in [0.1, 0.15) is 49.4 Å². The highest BCUT2D eigenvalue weighted by atomic mass is 19.1. The van der Waals surface area contributed by atoms with Gasteiger partial charge in [-0.25, -0.2) is 4.39 Å². The van der Waals surface area contributed by atoms with Gasteiger partial charge in [-0.3, -0.25) is 9.59 Å². The van der Waals surface area contributed by atoms with Crippen molar-refractivity contribution < 1.29 is 18.7 Å². The first-order chi connectivity index (χ1) is 13.3. The Morgan fingerprint density at radius 1 is 1.14 bits per heavy atom. The molecule has 4 N–H and O–H groups in total. The van der Waals surface area contributed by atoms with E-state index in [1.807, 2.05) is 6.92 Å². The van der Waals surface area contributed by atoms with Gasteiger partial charge in [-0.15, -0.1) is 0 Å². The van der Waals surface area contributed by atoms with Gasteiger partial charge in [0.2, 0.25) is 11.8 Å². The normalized spacial score (nSPS) is 27.2. The predicted octanol–water partition coefficient (Wildman–Crippen LogP) is 2.26. The van der Waals surface area contributed by atoms with Crippen molar-refractivity contribution in [3.8, 4) is 5.75 Å². The molecular formula is C21H30FN3O3. The summed E-state index contributed by atoms with van der Waals surface area (Å²) in [4.78, 5) is 25.2. The minimum atomic E-state index is -0.920. The zero-order chi connectivity index (χ0) is 20.3. The van der Waals surface area contributed by atoms with Crippen LogP contribution in [0.15, 0.2) is 24.3 Å². The standard InChI is InChI=1S/C21H30FN3O3/c1-13(19(23)21(27)25-11-10-16(22)12-25)14-2-6-17(7-3-14)28-18-8-4-15(5-9-18)20(24)26/h4-5,8-9,13-14,16-17,19H,2-3,6-7,10-12,23H2,1H3,(H2,24,26)/t13-,14?,16-,17?,19?/m0/s1. The lowest BCUT2D eigenvalue weighted by Gasteiger charge is -2.35. The van der Waals surface area contributed by atoms with Crippen molar-refractivity contribution in [2.75, 3.05) is 13.1 Å². The molecule has 1 heterocycles. The van der Waals surface area contributed by atoms with Crippen molar-refractivity contribution in [3.05, 3.63) is 29.8 Å². The van der Waals surface area contributed by atoms with Gasteiger partial charge in [-0.05, 0) is 68.2 Å². The summed E-state index contributed by atoms with van der Waals surface area (Å²) in [5, 5.41) is 0. The van der Waals surface area contributed by atoms with E-state index in [1.54, 1.807) is 29.2 Å². The first-order valence-electron chi connectivity index (χ1n) is 10.1. The van der Waals surface area contributed by atoms with Gasteiger partial charge < -0.3 is 21.1 Å². The van der Waals surface area contributed by atoms with Crippen LogP contribution < -0.4 is 16.2 Å². The van der Waals surface area contributed by atoms with E-state index in [2.05, 4.69) is 0 Å². The molecule has 1 saturated heterocycles. The maximum atomic E-state index is 13.4. The number of ether oxygens (including phenoxy) is 1. The second-order valence-electron chi connectivity index (χ2n) is 8.10. The fourth-order valence-corrected chi connectivity index (χ4v) is 4.27. The monoisotopic (exact) mass is 391 g/mol. The molecule has 7 heteroatoms. The summed E-state index contributed by atoms with van der Waals surface area (Å²) in [5.41, 5.74) is 11.9. The Kier molecular flexibility index (Phi) is 6.54. The van der Waals surface area contributed by atoms with Crippen molar-refractivity contribution in [1.29, 1.82) is 0 Å². The minimum Gasteiger partial charge on any atom is -0.490 e. The van der Waals surface area contributed by atoms with Crippen LogP contribution in [0.2, 0.25) is 0 Å². The van der Waals surface area contributed by atoms with E-state index >= 15 is 0 Å². The first kappa shape index (κ1) is 20.6. The molecule has 3 rings (SSSR count). The number of carbonyl (C=O) groups excluding carboxylic acids is 2. The molecule has 2 amide bonds. The number of halogens is 1. The van der Waals surface area contributed by atoms with Gasteiger partial charge in [-0.2, -0.15) is 0 Å². The average Bonchev–Trinajstić information content (AvgIpc) is 3.13.